The number of benzene rings is 1. The standard InChI is InChI=1S/C20H23N5O2/c1-12(2)25-8-7-21-19(25)18-23-16-10-14(11-22-20(26)17(16)24-18)13-5-4-6-15(9-13)27-3/h4-9,12,14H,10-11H2,1-3H3,(H,22,26)(H,23,24). The topological polar surface area (TPSA) is 84.8 Å². The van der Waals surface area contributed by atoms with Crippen LogP contribution in [0.1, 0.15) is 47.6 Å². The van der Waals surface area contributed by atoms with E-state index in [4.69, 9.17) is 4.74 Å². The minimum Gasteiger partial charge on any atom is -0.497 e. The van der Waals surface area contributed by atoms with Crippen molar-refractivity contribution in [1.82, 2.24) is 24.8 Å². The molecule has 0 saturated heterocycles. The Morgan fingerprint density at radius 3 is 2.96 bits per heavy atom. The van der Waals surface area contributed by atoms with Gasteiger partial charge in [0, 0.05) is 36.6 Å². The predicted octanol–water partition coefficient (Wildman–Crippen LogP) is 2.93. The fourth-order valence-corrected chi connectivity index (χ4v) is 3.51. The van der Waals surface area contributed by atoms with E-state index < -0.39 is 0 Å². The molecule has 2 aromatic heterocycles. The van der Waals surface area contributed by atoms with Crippen molar-refractivity contribution in [2.75, 3.05) is 13.7 Å². The lowest BCUT2D eigenvalue weighted by Crippen LogP contribution is -2.26. The Morgan fingerprint density at radius 1 is 1.33 bits per heavy atom. The van der Waals surface area contributed by atoms with E-state index in [0.717, 1.165) is 22.8 Å². The number of imidazole rings is 2. The van der Waals surface area contributed by atoms with Crippen molar-refractivity contribution in [2.45, 2.75) is 32.2 Å². The van der Waals surface area contributed by atoms with Crippen molar-refractivity contribution in [3.8, 4) is 17.4 Å². The minimum absolute atomic E-state index is 0.142. The lowest BCUT2D eigenvalue weighted by atomic mass is 9.94. The second kappa shape index (κ2) is 6.90. The zero-order valence-corrected chi connectivity index (χ0v) is 15.7. The van der Waals surface area contributed by atoms with Gasteiger partial charge in [0.05, 0.1) is 7.11 Å². The summed E-state index contributed by atoms with van der Waals surface area (Å²) >= 11 is 0. The number of aromatic nitrogens is 4. The molecular formula is C20H23N5O2. The third-order valence-electron chi connectivity index (χ3n) is 4.96. The zero-order valence-electron chi connectivity index (χ0n) is 15.7. The van der Waals surface area contributed by atoms with Gasteiger partial charge in [-0.2, -0.15) is 0 Å². The van der Waals surface area contributed by atoms with Gasteiger partial charge in [0.2, 0.25) is 0 Å². The van der Waals surface area contributed by atoms with Crippen LogP contribution in [0.25, 0.3) is 11.6 Å². The molecule has 1 unspecified atom stereocenters. The average Bonchev–Trinajstić information content (AvgIpc) is 3.29. The van der Waals surface area contributed by atoms with Crippen LogP contribution in [0.15, 0.2) is 36.7 Å². The first-order chi connectivity index (χ1) is 13.1. The highest BCUT2D eigenvalue weighted by Gasteiger charge is 2.27. The summed E-state index contributed by atoms with van der Waals surface area (Å²) in [6.45, 7) is 4.74. The summed E-state index contributed by atoms with van der Waals surface area (Å²) in [6, 6.07) is 8.23. The zero-order chi connectivity index (χ0) is 19.0. The molecule has 3 aromatic rings. The SMILES string of the molecule is COc1cccc(C2CNC(=O)c3nc(-c4nccn4C(C)C)[nH]c3C2)c1. The van der Waals surface area contributed by atoms with E-state index in [0.29, 0.717) is 24.5 Å². The summed E-state index contributed by atoms with van der Waals surface area (Å²) in [5.74, 6) is 2.17. The highest BCUT2D eigenvalue weighted by Crippen LogP contribution is 2.28. The monoisotopic (exact) mass is 365 g/mol. The highest BCUT2D eigenvalue weighted by atomic mass is 16.5. The van der Waals surface area contributed by atoms with Crippen molar-refractivity contribution in [1.29, 1.82) is 0 Å². The third kappa shape index (κ3) is 3.20. The molecule has 7 heteroatoms. The van der Waals surface area contributed by atoms with Gasteiger partial charge in [-0.05, 0) is 38.0 Å². The second-order valence-corrected chi connectivity index (χ2v) is 7.05. The Labute approximate surface area is 157 Å². The van der Waals surface area contributed by atoms with E-state index in [1.165, 1.54) is 0 Å². The van der Waals surface area contributed by atoms with Crippen LogP contribution in [0.2, 0.25) is 0 Å². The molecule has 0 radical (unpaired) electrons. The summed E-state index contributed by atoms with van der Waals surface area (Å²) in [5, 5.41) is 2.99. The van der Waals surface area contributed by atoms with Crippen LogP contribution in [-0.2, 0) is 6.42 Å². The molecule has 0 spiro atoms. The molecular weight excluding hydrogens is 342 g/mol. The molecule has 0 saturated carbocycles. The fourth-order valence-electron chi connectivity index (χ4n) is 3.51. The quantitative estimate of drug-likeness (QED) is 0.744. The number of H-pyrrole nitrogens is 1. The maximum absolute atomic E-state index is 12.6. The fraction of sp³-hybridized carbons (Fsp3) is 0.350. The Kier molecular flexibility index (Phi) is 4.43. The number of carbonyl (C=O) groups is 1. The molecule has 140 valence electrons. The molecule has 2 N–H and O–H groups in total. The number of ether oxygens (including phenoxy) is 1. The molecule has 4 rings (SSSR count). The van der Waals surface area contributed by atoms with Gasteiger partial charge >= 0.3 is 0 Å². The van der Waals surface area contributed by atoms with Crippen LogP contribution in [-0.4, -0.2) is 39.1 Å². The first-order valence-corrected chi connectivity index (χ1v) is 9.11. The molecule has 1 aromatic carbocycles. The van der Waals surface area contributed by atoms with Crippen LogP contribution in [0.5, 0.6) is 5.75 Å². The van der Waals surface area contributed by atoms with Crippen molar-refractivity contribution in [3.63, 3.8) is 0 Å². The summed E-state index contributed by atoms with van der Waals surface area (Å²) < 4.78 is 7.37. The van der Waals surface area contributed by atoms with Gasteiger partial charge in [0.25, 0.3) is 5.91 Å². The normalized spacial score (nSPS) is 16.7. The van der Waals surface area contributed by atoms with E-state index >= 15 is 0 Å². The number of amides is 1. The van der Waals surface area contributed by atoms with Gasteiger partial charge in [-0.25, -0.2) is 9.97 Å². The lowest BCUT2D eigenvalue weighted by molar-refractivity contribution is 0.0950. The Morgan fingerprint density at radius 2 is 2.19 bits per heavy atom. The molecule has 7 nitrogen and oxygen atoms in total. The molecule has 0 bridgehead atoms. The summed E-state index contributed by atoms with van der Waals surface area (Å²) in [7, 11) is 1.66. The second-order valence-electron chi connectivity index (χ2n) is 7.05. The number of carbonyl (C=O) groups excluding carboxylic acids is 1. The molecule has 1 aliphatic rings. The number of hydrogen-bond acceptors (Lipinski definition) is 4. The number of nitrogens with zero attached hydrogens (tertiary/aromatic N) is 3. The number of rotatable bonds is 4. The van der Waals surface area contributed by atoms with Crippen LogP contribution >= 0.6 is 0 Å². The summed E-state index contributed by atoms with van der Waals surface area (Å²) in [5.41, 5.74) is 2.42. The first-order valence-electron chi connectivity index (χ1n) is 9.11. The van der Waals surface area contributed by atoms with Crippen molar-refractivity contribution >= 4 is 5.91 Å². The number of hydrogen-bond donors (Lipinski definition) is 2. The Balaban J connectivity index is 1.70. The highest BCUT2D eigenvalue weighted by molar-refractivity contribution is 5.94. The molecule has 0 aliphatic carbocycles. The van der Waals surface area contributed by atoms with Gasteiger partial charge in [0.1, 0.15) is 11.4 Å². The van der Waals surface area contributed by atoms with Gasteiger partial charge in [-0.15, -0.1) is 0 Å². The predicted molar refractivity (Wildman–Crippen MR) is 102 cm³/mol. The van der Waals surface area contributed by atoms with E-state index in [2.05, 4.69) is 40.2 Å². The largest absolute Gasteiger partial charge is 0.497 e. The smallest absolute Gasteiger partial charge is 0.271 e. The maximum atomic E-state index is 12.6. The summed E-state index contributed by atoms with van der Waals surface area (Å²) in [4.78, 5) is 24.9. The number of nitrogens with one attached hydrogen (secondary N) is 2. The van der Waals surface area contributed by atoms with Crippen molar-refractivity contribution in [3.05, 3.63) is 53.6 Å². The number of methoxy groups -OCH3 is 1. The number of fused-ring (bicyclic) bond motifs is 1. The molecule has 27 heavy (non-hydrogen) atoms. The van der Waals surface area contributed by atoms with Crippen molar-refractivity contribution < 1.29 is 9.53 Å². The maximum Gasteiger partial charge on any atom is 0.271 e. The summed E-state index contributed by atoms with van der Waals surface area (Å²) in [6.07, 6.45) is 4.37. The third-order valence-corrected chi connectivity index (χ3v) is 4.96. The number of aromatic amines is 1. The van der Waals surface area contributed by atoms with Crippen LogP contribution in [0.4, 0.5) is 0 Å². The molecule has 1 amide bonds. The van der Waals surface area contributed by atoms with E-state index in [-0.39, 0.29) is 17.9 Å². The molecule has 3 heterocycles. The Hall–Kier alpha value is -3.09. The molecule has 0 fully saturated rings. The molecule has 1 atom stereocenters. The van der Waals surface area contributed by atoms with Gasteiger partial charge in [-0.3, -0.25) is 4.79 Å². The van der Waals surface area contributed by atoms with Crippen LogP contribution in [0, 0.1) is 0 Å². The van der Waals surface area contributed by atoms with E-state index in [1.54, 1.807) is 13.3 Å². The van der Waals surface area contributed by atoms with Gasteiger partial charge in [0.15, 0.2) is 11.6 Å². The van der Waals surface area contributed by atoms with Crippen molar-refractivity contribution in [2.24, 2.45) is 0 Å². The lowest BCUT2D eigenvalue weighted by Gasteiger charge is -2.15. The minimum atomic E-state index is -0.152. The van der Waals surface area contributed by atoms with Gasteiger partial charge < -0.3 is 19.6 Å². The van der Waals surface area contributed by atoms with E-state index in [9.17, 15) is 4.79 Å². The first kappa shape index (κ1) is 17.3. The van der Waals surface area contributed by atoms with Crippen LogP contribution < -0.4 is 10.1 Å². The van der Waals surface area contributed by atoms with Crippen LogP contribution in [0.3, 0.4) is 0 Å². The average molecular weight is 365 g/mol. The molecule has 1 aliphatic heterocycles. The van der Waals surface area contributed by atoms with Gasteiger partial charge in [-0.1, -0.05) is 12.1 Å². The van der Waals surface area contributed by atoms with E-state index in [1.807, 2.05) is 29.0 Å². The Bertz CT molecular complexity index is 972.